The number of fused-ring (bicyclic) bond motifs is 3. The molecular formula is C28H29N3O3S2. The largest absolute Gasteiger partial charge is 0.494 e. The van der Waals surface area contributed by atoms with Gasteiger partial charge in [-0.1, -0.05) is 23.9 Å². The Balaban J connectivity index is 1.51. The van der Waals surface area contributed by atoms with E-state index in [1.807, 2.05) is 63.2 Å². The van der Waals surface area contributed by atoms with Crippen LogP contribution in [0.3, 0.4) is 0 Å². The fourth-order valence-electron chi connectivity index (χ4n) is 4.57. The number of hydrogen-bond donors (Lipinski definition) is 1. The van der Waals surface area contributed by atoms with Crippen LogP contribution in [-0.2, 0) is 17.6 Å². The van der Waals surface area contributed by atoms with Crippen molar-refractivity contribution in [3.05, 3.63) is 74.4 Å². The molecule has 0 aliphatic heterocycles. The number of rotatable bonds is 7. The van der Waals surface area contributed by atoms with Gasteiger partial charge >= 0.3 is 0 Å². The van der Waals surface area contributed by atoms with Gasteiger partial charge in [-0.25, -0.2) is 4.98 Å². The molecule has 36 heavy (non-hydrogen) atoms. The molecule has 0 radical (unpaired) electrons. The molecular weight excluding hydrogens is 490 g/mol. The highest BCUT2D eigenvalue weighted by molar-refractivity contribution is 7.99. The van der Waals surface area contributed by atoms with E-state index in [0.717, 1.165) is 64.0 Å². The second-order valence-corrected chi connectivity index (χ2v) is 11.0. The van der Waals surface area contributed by atoms with Crippen LogP contribution in [0, 0.1) is 13.8 Å². The lowest BCUT2D eigenvalue weighted by molar-refractivity contribution is -0.113. The van der Waals surface area contributed by atoms with Crippen molar-refractivity contribution in [3.8, 4) is 11.4 Å². The maximum atomic E-state index is 13.9. The van der Waals surface area contributed by atoms with Crippen molar-refractivity contribution in [3.63, 3.8) is 0 Å². The Morgan fingerprint density at radius 1 is 1.14 bits per heavy atom. The maximum absolute atomic E-state index is 13.9. The van der Waals surface area contributed by atoms with Crippen molar-refractivity contribution in [1.82, 2.24) is 9.55 Å². The zero-order chi connectivity index (χ0) is 25.2. The Hall–Kier alpha value is -3.10. The van der Waals surface area contributed by atoms with Crippen molar-refractivity contribution < 1.29 is 9.53 Å². The van der Waals surface area contributed by atoms with Gasteiger partial charge in [-0.3, -0.25) is 14.2 Å². The lowest BCUT2D eigenvalue weighted by atomic mass is 9.97. The monoisotopic (exact) mass is 519 g/mol. The van der Waals surface area contributed by atoms with Crippen molar-refractivity contribution in [2.24, 2.45) is 0 Å². The lowest BCUT2D eigenvalue weighted by Crippen LogP contribution is -2.23. The molecule has 1 N–H and O–H groups in total. The average molecular weight is 520 g/mol. The van der Waals surface area contributed by atoms with E-state index in [0.29, 0.717) is 17.5 Å². The number of thiophene rings is 1. The molecule has 2 aromatic carbocycles. The van der Waals surface area contributed by atoms with Gasteiger partial charge in [-0.2, -0.15) is 0 Å². The van der Waals surface area contributed by atoms with E-state index >= 15 is 0 Å². The van der Waals surface area contributed by atoms with E-state index in [-0.39, 0.29) is 17.2 Å². The standard InChI is InChI=1S/C28H29N3O3S2/c1-4-34-20-14-12-19(13-15-20)31-27(33)25-21-9-5-6-11-23(21)36-26(25)30-28(31)35-16-24(32)29-22-10-7-8-17(2)18(22)3/h7-8,10,12-15H,4-6,9,11,16H2,1-3H3,(H,29,32). The number of thioether (sulfide) groups is 1. The number of amides is 1. The third-order valence-electron chi connectivity index (χ3n) is 6.58. The van der Waals surface area contributed by atoms with Gasteiger partial charge in [-0.15, -0.1) is 11.3 Å². The number of carbonyl (C=O) groups is 1. The summed E-state index contributed by atoms with van der Waals surface area (Å²) in [5.74, 6) is 0.762. The van der Waals surface area contributed by atoms with Crippen LogP contribution in [0.1, 0.15) is 41.3 Å². The van der Waals surface area contributed by atoms with E-state index in [4.69, 9.17) is 9.72 Å². The van der Waals surface area contributed by atoms with E-state index < -0.39 is 0 Å². The molecule has 0 unspecified atom stereocenters. The molecule has 8 heteroatoms. The van der Waals surface area contributed by atoms with Crippen LogP contribution in [0.15, 0.2) is 52.4 Å². The molecule has 0 bridgehead atoms. The predicted octanol–water partition coefficient (Wildman–Crippen LogP) is 6.07. The Morgan fingerprint density at radius 3 is 2.69 bits per heavy atom. The quantitative estimate of drug-likeness (QED) is 0.237. The smallest absolute Gasteiger partial charge is 0.267 e. The number of nitrogens with one attached hydrogen (secondary N) is 1. The molecule has 0 spiro atoms. The minimum Gasteiger partial charge on any atom is -0.494 e. The molecule has 186 valence electrons. The highest BCUT2D eigenvalue weighted by atomic mass is 32.2. The van der Waals surface area contributed by atoms with Crippen molar-refractivity contribution in [1.29, 1.82) is 0 Å². The summed E-state index contributed by atoms with van der Waals surface area (Å²) in [5, 5.41) is 4.25. The van der Waals surface area contributed by atoms with E-state index in [1.165, 1.54) is 16.6 Å². The summed E-state index contributed by atoms with van der Waals surface area (Å²) in [4.78, 5) is 33.7. The van der Waals surface area contributed by atoms with Gasteiger partial charge in [0.2, 0.25) is 5.91 Å². The second-order valence-electron chi connectivity index (χ2n) is 8.94. The second kappa shape index (κ2) is 10.5. The molecule has 1 aliphatic rings. The van der Waals surface area contributed by atoms with Gasteiger partial charge in [-0.05, 0) is 93.5 Å². The summed E-state index contributed by atoms with van der Waals surface area (Å²) in [6, 6.07) is 13.3. The number of carbonyl (C=O) groups excluding carboxylic acids is 1. The fraction of sp³-hybridized carbons (Fsp3) is 0.321. The van der Waals surface area contributed by atoms with E-state index in [1.54, 1.807) is 15.9 Å². The summed E-state index contributed by atoms with van der Waals surface area (Å²) in [6.45, 7) is 6.53. The van der Waals surface area contributed by atoms with Crippen LogP contribution in [0.4, 0.5) is 5.69 Å². The number of aromatic nitrogens is 2. The first-order valence-corrected chi connectivity index (χ1v) is 14.1. The number of nitrogens with zero attached hydrogens (tertiary/aromatic N) is 2. The van der Waals surface area contributed by atoms with Gasteiger partial charge in [0.05, 0.1) is 23.4 Å². The van der Waals surface area contributed by atoms with E-state index in [2.05, 4.69) is 5.32 Å². The minimum absolute atomic E-state index is 0.0685. The first-order valence-electron chi connectivity index (χ1n) is 12.3. The topological polar surface area (TPSA) is 73.2 Å². The molecule has 2 heterocycles. The molecule has 0 atom stereocenters. The highest BCUT2D eigenvalue weighted by Gasteiger charge is 2.23. The Kier molecular flexibility index (Phi) is 7.16. The third-order valence-corrected chi connectivity index (χ3v) is 8.70. The van der Waals surface area contributed by atoms with Gasteiger partial charge in [0.1, 0.15) is 10.6 Å². The van der Waals surface area contributed by atoms with Crippen LogP contribution >= 0.6 is 23.1 Å². The predicted molar refractivity (Wildman–Crippen MR) is 148 cm³/mol. The maximum Gasteiger partial charge on any atom is 0.267 e. The number of aryl methyl sites for hydroxylation is 3. The van der Waals surface area contributed by atoms with Crippen LogP contribution in [0.2, 0.25) is 0 Å². The summed E-state index contributed by atoms with van der Waals surface area (Å²) in [7, 11) is 0. The molecule has 2 aromatic heterocycles. The zero-order valence-electron chi connectivity index (χ0n) is 20.7. The van der Waals surface area contributed by atoms with E-state index in [9.17, 15) is 9.59 Å². The summed E-state index contributed by atoms with van der Waals surface area (Å²) in [5.41, 5.74) is 4.78. The molecule has 4 aromatic rings. The number of ether oxygens (including phenoxy) is 1. The normalized spacial score (nSPS) is 13.0. The van der Waals surface area contributed by atoms with Crippen molar-refractivity contribution in [2.45, 2.75) is 51.6 Å². The summed E-state index contributed by atoms with van der Waals surface area (Å²) < 4.78 is 7.23. The molecule has 0 saturated carbocycles. The molecule has 5 rings (SSSR count). The number of hydrogen-bond acceptors (Lipinski definition) is 6. The fourth-order valence-corrected chi connectivity index (χ4v) is 6.69. The minimum atomic E-state index is -0.133. The third kappa shape index (κ3) is 4.80. The first kappa shape index (κ1) is 24.6. The lowest BCUT2D eigenvalue weighted by Gasteiger charge is -2.14. The highest BCUT2D eigenvalue weighted by Crippen LogP contribution is 2.35. The molecule has 0 saturated heterocycles. The van der Waals surface area contributed by atoms with Crippen LogP contribution in [-0.4, -0.2) is 27.8 Å². The molecule has 0 fully saturated rings. The Bertz CT molecular complexity index is 1490. The molecule has 6 nitrogen and oxygen atoms in total. The van der Waals surface area contributed by atoms with Crippen LogP contribution < -0.4 is 15.6 Å². The first-order chi connectivity index (χ1) is 17.5. The van der Waals surface area contributed by atoms with Crippen LogP contribution in [0.25, 0.3) is 15.9 Å². The van der Waals surface area contributed by atoms with Crippen LogP contribution in [0.5, 0.6) is 5.75 Å². The van der Waals surface area contributed by atoms with Crippen molar-refractivity contribution in [2.75, 3.05) is 17.7 Å². The number of anilines is 1. The number of benzene rings is 2. The van der Waals surface area contributed by atoms with Gasteiger partial charge in [0, 0.05) is 10.6 Å². The zero-order valence-corrected chi connectivity index (χ0v) is 22.4. The SMILES string of the molecule is CCOc1ccc(-n2c(SCC(=O)Nc3cccc(C)c3C)nc3sc4c(c3c2=O)CCCC4)cc1. The Labute approximate surface area is 218 Å². The molecule has 1 amide bonds. The van der Waals surface area contributed by atoms with Gasteiger partial charge < -0.3 is 10.1 Å². The average Bonchev–Trinajstić information content (AvgIpc) is 3.25. The van der Waals surface area contributed by atoms with Crippen molar-refractivity contribution >= 4 is 44.9 Å². The van der Waals surface area contributed by atoms with Gasteiger partial charge in [0.25, 0.3) is 5.56 Å². The van der Waals surface area contributed by atoms with Gasteiger partial charge in [0.15, 0.2) is 5.16 Å². The Morgan fingerprint density at radius 2 is 1.92 bits per heavy atom. The molecule has 1 aliphatic carbocycles. The summed E-state index contributed by atoms with van der Waals surface area (Å²) in [6.07, 6.45) is 4.16. The summed E-state index contributed by atoms with van der Waals surface area (Å²) >= 11 is 2.91.